The Bertz CT molecular complexity index is 292. The molecule has 2 heteroatoms. The first-order valence-corrected chi connectivity index (χ1v) is 5.57. The maximum atomic E-state index is 9.25. The lowest BCUT2D eigenvalue weighted by molar-refractivity contribution is 0.191. The zero-order valence-electron chi connectivity index (χ0n) is 10.1. The molecule has 0 saturated carbocycles. The normalized spacial score (nSPS) is 13.5. The summed E-state index contributed by atoms with van der Waals surface area (Å²) in [5, 5.41) is 9.25. The molecule has 15 heavy (non-hydrogen) atoms. The lowest BCUT2D eigenvalue weighted by Gasteiger charge is -2.31. The van der Waals surface area contributed by atoms with Crippen LogP contribution in [0.25, 0.3) is 0 Å². The minimum atomic E-state index is 0.334. The second kappa shape index (κ2) is 5.17. The predicted molar refractivity (Wildman–Crippen MR) is 64.0 cm³/mol. The van der Waals surface area contributed by atoms with Crippen molar-refractivity contribution in [3.63, 3.8) is 0 Å². The van der Waals surface area contributed by atoms with Crippen LogP contribution < -0.4 is 0 Å². The Morgan fingerprint density at radius 3 is 2.13 bits per heavy atom. The standard InChI is InChI=1S/C13H21NO/c1-5-13(14(4)10(2)3)11-6-8-12(15)9-7-11/h6-10,13,15H,5H2,1-4H3. The third-order valence-electron chi connectivity index (χ3n) is 2.97. The van der Waals surface area contributed by atoms with Gasteiger partial charge in [0.1, 0.15) is 5.75 Å². The molecule has 1 unspecified atom stereocenters. The maximum absolute atomic E-state index is 9.25. The van der Waals surface area contributed by atoms with E-state index in [1.165, 1.54) is 5.56 Å². The van der Waals surface area contributed by atoms with Crippen LogP contribution in [0.5, 0.6) is 5.75 Å². The third kappa shape index (κ3) is 2.96. The lowest BCUT2D eigenvalue weighted by Crippen LogP contribution is -2.30. The van der Waals surface area contributed by atoms with Crippen molar-refractivity contribution in [3.8, 4) is 5.75 Å². The van der Waals surface area contributed by atoms with E-state index in [1.54, 1.807) is 12.1 Å². The van der Waals surface area contributed by atoms with Crippen molar-refractivity contribution in [1.29, 1.82) is 0 Å². The van der Waals surface area contributed by atoms with Crippen LogP contribution in [0.2, 0.25) is 0 Å². The Morgan fingerprint density at radius 2 is 1.73 bits per heavy atom. The summed E-state index contributed by atoms with van der Waals surface area (Å²) in [6, 6.07) is 8.48. The van der Waals surface area contributed by atoms with Gasteiger partial charge in [0.15, 0.2) is 0 Å². The summed E-state index contributed by atoms with van der Waals surface area (Å²) >= 11 is 0. The molecule has 0 aliphatic heterocycles. The van der Waals surface area contributed by atoms with E-state index in [4.69, 9.17) is 0 Å². The first-order valence-electron chi connectivity index (χ1n) is 5.57. The number of hydrogen-bond donors (Lipinski definition) is 1. The quantitative estimate of drug-likeness (QED) is 0.819. The summed E-state index contributed by atoms with van der Waals surface area (Å²) in [6.07, 6.45) is 1.08. The molecular formula is C13H21NO. The Kier molecular flexibility index (Phi) is 4.15. The van der Waals surface area contributed by atoms with Gasteiger partial charge in [0, 0.05) is 12.1 Å². The highest BCUT2D eigenvalue weighted by atomic mass is 16.3. The summed E-state index contributed by atoms with van der Waals surface area (Å²) < 4.78 is 0. The van der Waals surface area contributed by atoms with Crippen molar-refractivity contribution in [2.45, 2.75) is 39.3 Å². The van der Waals surface area contributed by atoms with E-state index in [0.717, 1.165) is 6.42 Å². The fourth-order valence-corrected chi connectivity index (χ4v) is 1.82. The third-order valence-corrected chi connectivity index (χ3v) is 2.97. The number of benzene rings is 1. The second-order valence-corrected chi connectivity index (χ2v) is 4.27. The fraction of sp³-hybridized carbons (Fsp3) is 0.538. The number of phenolic OH excluding ortho intramolecular Hbond substituents is 1. The van der Waals surface area contributed by atoms with E-state index in [1.807, 2.05) is 12.1 Å². The monoisotopic (exact) mass is 207 g/mol. The Hall–Kier alpha value is -1.02. The summed E-state index contributed by atoms with van der Waals surface area (Å²) in [7, 11) is 2.14. The van der Waals surface area contributed by atoms with Crippen LogP contribution in [0.4, 0.5) is 0 Å². The SMILES string of the molecule is CCC(c1ccc(O)cc1)N(C)C(C)C. The van der Waals surface area contributed by atoms with Crippen molar-refractivity contribution in [3.05, 3.63) is 29.8 Å². The van der Waals surface area contributed by atoms with Gasteiger partial charge in [0.25, 0.3) is 0 Å². The molecule has 1 atom stereocenters. The molecule has 84 valence electrons. The molecule has 0 aromatic heterocycles. The van der Waals surface area contributed by atoms with Crippen molar-refractivity contribution in [1.82, 2.24) is 4.90 Å². The van der Waals surface area contributed by atoms with Crippen molar-refractivity contribution in [2.24, 2.45) is 0 Å². The van der Waals surface area contributed by atoms with E-state index in [9.17, 15) is 5.11 Å². The summed E-state index contributed by atoms with van der Waals surface area (Å²) in [5.41, 5.74) is 1.27. The van der Waals surface area contributed by atoms with E-state index in [0.29, 0.717) is 17.8 Å². The molecule has 2 nitrogen and oxygen atoms in total. The highest BCUT2D eigenvalue weighted by Gasteiger charge is 2.16. The zero-order valence-corrected chi connectivity index (χ0v) is 10.1. The van der Waals surface area contributed by atoms with Gasteiger partial charge >= 0.3 is 0 Å². The van der Waals surface area contributed by atoms with E-state index < -0.39 is 0 Å². The maximum Gasteiger partial charge on any atom is 0.115 e. The highest BCUT2D eigenvalue weighted by Crippen LogP contribution is 2.25. The van der Waals surface area contributed by atoms with Gasteiger partial charge in [-0.2, -0.15) is 0 Å². The van der Waals surface area contributed by atoms with Crippen molar-refractivity contribution >= 4 is 0 Å². The van der Waals surface area contributed by atoms with Gasteiger partial charge in [-0.1, -0.05) is 19.1 Å². The number of hydrogen-bond acceptors (Lipinski definition) is 2. The molecule has 0 spiro atoms. The highest BCUT2D eigenvalue weighted by molar-refractivity contribution is 5.28. The molecule has 0 saturated heterocycles. The molecular weight excluding hydrogens is 186 g/mol. The molecule has 1 aromatic rings. The summed E-state index contributed by atoms with van der Waals surface area (Å²) in [4.78, 5) is 2.35. The molecule has 0 radical (unpaired) electrons. The molecule has 0 fully saturated rings. The minimum absolute atomic E-state index is 0.334. The fourth-order valence-electron chi connectivity index (χ4n) is 1.82. The first-order chi connectivity index (χ1) is 7.06. The van der Waals surface area contributed by atoms with Crippen LogP contribution in [0.15, 0.2) is 24.3 Å². The Labute approximate surface area is 92.5 Å². The summed E-state index contributed by atoms with van der Waals surface area (Å²) in [5.74, 6) is 0.334. The Balaban J connectivity index is 2.87. The molecule has 0 aliphatic rings. The summed E-state index contributed by atoms with van der Waals surface area (Å²) in [6.45, 7) is 6.59. The molecule has 0 amide bonds. The van der Waals surface area contributed by atoms with E-state index >= 15 is 0 Å². The van der Waals surface area contributed by atoms with Gasteiger partial charge in [0.2, 0.25) is 0 Å². The van der Waals surface area contributed by atoms with Gasteiger partial charge in [-0.25, -0.2) is 0 Å². The number of aromatic hydroxyl groups is 1. The van der Waals surface area contributed by atoms with Gasteiger partial charge in [-0.3, -0.25) is 4.90 Å². The molecule has 0 heterocycles. The minimum Gasteiger partial charge on any atom is -0.508 e. The van der Waals surface area contributed by atoms with Crippen LogP contribution >= 0.6 is 0 Å². The van der Waals surface area contributed by atoms with E-state index in [-0.39, 0.29) is 0 Å². The molecule has 1 aromatic carbocycles. The van der Waals surface area contributed by atoms with Gasteiger partial charge in [-0.05, 0) is 45.0 Å². The van der Waals surface area contributed by atoms with Crippen LogP contribution in [-0.4, -0.2) is 23.1 Å². The zero-order chi connectivity index (χ0) is 11.4. The average Bonchev–Trinajstić information content (AvgIpc) is 2.21. The van der Waals surface area contributed by atoms with Gasteiger partial charge < -0.3 is 5.11 Å². The first kappa shape index (κ1) is 12.1. The average molecular weight is 207 g/mol. The predicted octanol–water partition coefficient (Wildman–Crippen LogP) is 3.18. The van der Waals surface area contributed by atoms with E-state index in [2.05, 4.69) is 32.7 Å². The van der Waals surface area contributed by atoms with Crippen molar-refractivity contribution < 1.29 is 5.11 Å². The smallest absolute Gasteiger partial charge is 0.115 e. The molecule has 0 bridgehead atoms. The van der Waals surface area contributed by atoms with Crippen LogP contribution in [0.1, 0.15) is 38.8 Å². The number of phenols is 1. The van der Waals surface area contributed by atoms with Crippen molar-refractivity contribution in [2.75, 3.05) is 7.05 Å². The largest absolute Gasteiger partial charge is 0.508 e. The van der Waals surface area contributed by atoms with Crippen LogP contribution in [-0.2, 0) is 0 Å². The van der Waals surface area contributed by atoms with Gasteiger partial charge in [-0.15, -0.1) is 0 Å². The van der Waals surface area contributed by atoms with Crippen LogP contribution in [0.3, 0.4) is 0 Å². The lowest BCUT2D eigenvalue weighted by atomic mass is 10.0. The Morgan fingerprint density at radius 1 is 1.20 bits per heavy atom. The molecule has 1 rings (SSSR count). The molecule has 1 N–H and O–H groups in total. The number of rotatable bonds is 4. The second-order valence-electron chi connectivity index (χ2n) is 4.27. The van der Waals surface area contributed by atoms with Crippen LogP contribution in [0, 0.1) is 0 Å². The molecule has 0 aliphatic carbocycles. The topological polar surface area (TPSA) is 23.5 Å². The van der Waals surface area contributed by atoms with Gasteiger partial charge in [0.05, 0.1) is 0 Å². The number of nitrogens with zero attached hydrogens (tertiary/aromatic N) is 1.